The fourth-order valence-corrected chi connectivity index (χ4v) is 2.63. The number of amides is 2. The van der Waals surface area contributed by atoms with Crippen LogP contribution in [0.5, 0.6) is 0 Å². The Labute approximate surface area is 119 Å². The van der Waals surface area contributed by atoms with Crippen molar-refractivity contribution in [3.8, 4) is 0 Å². The Morgan fingerprint density at radius 3 is 2.50 bits per heavy atom. The molecule has 0 heterocycles. The van der Waals surface area contributed by atoms with Crippen molar-refractivity contribution in [3.63, 3.8) is 0 Å². The van der Waals surface area contributed by atoms with Gasteiger partial charge in [-0.15, -0.1) is 0 Å². The fraction of sp³-hybridized carbons (Fsp3) is 0.500. The zero-order valence-electron chi connectivity index (χ0n) is 11.9. The average molecular weight is 274 g/mol. The summed E-state index contributed by atoms with van der Waals surface area (Å²) in [5, 5.41) is 5.53. The molecule has 0 saturated heterocycles. The van der Waals surface area contributed by atoms with Gasteiger partial charge >= 0.3 is 11.8 Å². The van der Waals surface area contributed by atoms with Crippen LogP contribution < -0.4 is 10.6 Å². The molecule has 1 fully saturated rings. The topological polar surface area (TPSA) is 58.2 Å². The summed E-state index contributed by atoms with van der Waals surface area (Å²) in [6.07, 6.45) is 6.26. The predicted octanol–water partition coefficient (Wildman–Crippen LogP) is 2.64. The van der Waals surface area contributed by atoms with E-state index in [4.69, 9.17) is 0 Å². The largest absolute Gasteiger partial charge is 0.345 e. The van der Waals surface area contributed by atoms with Crippen molar-refractivity contribution < 1.29 is 9.59 Å². The third-order valence-electron chi connectivity index (χ3n) is 3.79. The maximum absolute atomic E-state index is 11.9. The molecule has 1 aromatic rings. The van der Waals surface area contributed by atoms with Gasteiger partial charge in [0.05, 0.1) is 0 Å². The highest BCUT2D eigenvalue weighted by Crippen LogP contribution is 2.18. The molecule has 108 valence electrons. The van der Waals surface area contributed by atoms with Crippen LogP contribution in [-0.4, -0.2) is 17.9 Å². The minimum absolute atomic E-state index is 0.156. The lowest BCUT2D eigenvalue weighted by Crippen LogP contribution is -2.42. The van der Waals surface area contributed by atoms with Crippen molar-refractivity contribution >= 4 is 17.5 Å². The van der Waals surface area contributed by atoms with Crippen molar-refractivity contribution in [2.45, 2.75) is 51.5 Å². The zero-order valence-corrected chi connectivity index (χ0v) is 11.9. The molecule has 2 N–H and O–H groups in total. The molecule has 1 saturated carbocycles. The zero-order chi connectivity index (χ0) is 14.4. The lowest BCUT2D eigenvalue weighted by molar-refractivity contribution is -0.136. The van der Waals surface area contributed by atoms with Gasteiger partial charge in [0.2, 0.25) is 0 Å². The Balaban J connectivity index is 1.91. The normalized spacial score (nSPS) is 15.7. The van der Waals surface area contributed by atoms with Crippen LogP contribution in [0.25, 0.3) is 0 Å². The van der Waals surface area contributed by atoms with Crippen molar-refractivity contribution in [1.82, 2.24) is 5.32 Å². The summed E-state index contributed by atoms with van der Waals surface area (Å²) in [5.41, 5.74) is 1.75. The van der Waals surface area contributed by atoms with E-state index in [1.165, 1.54) is 6.42 Å². The highest BCUT2D eigenvalue weighted by Gasteiger charge is 2.20. The van der Waals surface area contributed by atoms with Crippen molar-refractivity contribution in [2.75, 3.05) is 5.32 Å². The van der Waals surface area contributed by atoms with E-state index in [-0.39, 0.29) is 6.04 Å². The van der Waals surface area contributed by atoms with Crippen LogP contribution in [0.3, 0.4) is 0 Å². The quantitative estimate of drug-likeness (QED) is 0.832. The van der Waals surface area contributed by atoms with Gasteiger partial charge in [-0.25, -0.2) is 0 Å². The minimum Gasteiger partial charge on any atom is -0.345 e. The summed E-state index contributed by atoms with van der Waals surface area (Å²) >= 11 is 0. The summed E-state index contributed by atoms with van der Waals surface area (Å²) in [6.45, 7) is 2.02. The van der Waals surface area contributed by atoms with E-state index in [9.17, 15) is 9.59 Å². The number of hydrogen-bond donors (Lipinski definition) is 2. The third kappa shape index (κ3) is 3.83. The number of para-hydroxylation sites is 1. The molecule has 0 unspecified atom stereocenters. The molecule has 0 radical (unpaired) electrons. The third-order valence-corrected chi connectivity index (χ3v) is 3.79. The molecule has 2 amide bonds. The Kier molecular flexibility index (Phi) is 5.16. The van der Waals surface area contributed by atoms with Gasteiger partial charge in [0.15, 0.2) is 0 Å². The average Bonchev–Trinajstić information content (AvgIpc) is 2.48. The monoisotopic (exact) mass is 274 g/mol. The number of carbonyl (C=O) groups excluding carboxylic acids is 2. The molecule has 20 heavy (non-hydrogen) atoms. The summed E-state index contributed by atoms with van der Waals surface area (Å²) in [7, 11) is 0. The van der Waals surface area contributed by atoms with Crippen LogP contribution in [0.2, 0.25) is 0 Å². The molecule has 0 spiro atoms. The van der Waals surface area contributed by atoms with Gasteiger partial charge in [-0.3, -0.25) is 9.59 Å². The summed E-state index contributed by atoms with van der Waals surface area (Å²) in [4.78, 5) is 23.8. The van der Waals surface area contributed by atoms with Crippen LogP contribution in [0.1, 0.15) is 44.6 Å². The molecule has 0 aromatic heterocycles. The van der Waals surface area contributed by atoms with E-state index >= 15 is 0 Å². The van der Waals surface area contributed by atoms with Crippen molar-refractivity contribution in [1.29, 1.82) is 0 Å². The molecule has 1 aromatic carbocycles. The minimum atomic E-state index is -0.573. The summed E-state index contributed by atoms with van der Waals surface area (Å²) in [5.74, 6) is -1.10. The van der Waals surface area contributed by atoms with Gasteiger partial charge in [0.1, 0.15) is 0 Å². The van der Waals surface area contributed by atoms with E-state index in [1.807, 2.05) is 31.2 Å². The first-order valence-corrected chi connectivity index (χ1v) is 7.40. The predicted molar refractivity (Wildman–Crippen MR) is 79.5 cm³/mol. The first-order valence-electron chi connectivity index (χ1n) is 7.40. The molecule has 0 atom stereocenters. The first-order chi connectivity index (χ1) is 9.70. The molecular weight excluding hydrogens is 252 g/mol. The van der Waals surface area contributed by atoms with Crippen LogP contribution in [0, 0.1) is 0 Å². The summed E-state index contributed by atoms with van der Waals surface area (Å²) in [6, 6.07) is 7.72. The number of hydrogen-bond acceptors (Lipinski definition) is 2. The molecule has 2 rings (SSSR count). The summed E-state index contributed by atoms with van der Waals surface area (Å²) < 4.78 is 0. The number of anilines is 1. The van der Waals surface area contributed by atoms with Crippen LogP contribution in [-0.2, 0) is 16.0 Å². The molecular formula is C16H22N2O2. The second kappa shape index (κ2) is 7.08. The standard InChI is InChI=1S/C16H22N2O2/c1-2-12-8-6-7-11-14(12)18-16(20)15(19)17-13-9-4-3-5-10-13/h6-8,11,13H,2-5,9-10H2,1H3,(H,17,19)(H,18,20). The van der Waals surface area contributed by atoms with E-state index < -0.39 is 11.8 Å². The molecule has 0 bridgehead atoms. The van der Waals surface area contributed by atoms with E-state index in [1.54, 1.807) is 0 Å². The van der Waals surface area contributed by atoms with Crippen molar-refractivity contribution in [3.05, 3.63) is 29.8 Å². The highest BCUT2D eigenvalue weighted by molar-refractivity contribution is 6.39. The second-order valence-electron chi connectivity index (χ2n) is 5.27. The molecule has 4 nitrogen and oxygen atoms in total. The second-order valence-corrected chi connectivity index (χ2v) is 5.27. The highest BCUT2D eigenvalue weighted by atomic mass is 16.2. The van der Waals surface area contributed by atoms with Gasteiger partial charge in [0.25, 0.3) is 0 Å². The van der Waals surface area contributed by atoms with E-state index in [0.717, 1.165) is 43.4 Å². The number of rotatable bonds is 3. The molecule has 1 aliphatic rings. The first kappa shape index (κ1) is 14.6. The number of aryl methyl sites for hydroxylation is 1. The lowest BCUT2D eigenvalue weighted by Gasteiger charge is -2.22. The van der Waals surface area contributed by atoms with E-state index in [0.29, 0.717) is 0 Å². The van der Waals surface area contributed by atoms with Gasteiger partial charge < -0.3 is 10.6 Å². The van der Waals surface area contributed by atoms with Gasteiger partial charge in [-0.1, -0.05) is 44.4 Å². The Morgan fingerprint density at radius 1 is 1.10 bits per heavy atom. The van der Waals surface area contributed by atoms with Crippen molar-refractivity contribution in [2.24, 2.45) is 0 Å². The number of nitrogens with one attached hydrogen (secondary N) is 2. The number of carbonyl (C=O) groups is 2. The Hall–Kier alpha value is -1.84. The maximum atomic E-state index is 11.9. The Bertz CT molecular complexity index is 479. The number of benzene rings is 1. The Morgan fingerprint density at radius 2 is 1.80 bits per heavy atom. The fourth-order valence-electron chi connectivity index (χ4n) is 2.63. The smallest absolute Gasteiger partial charge is 0.313 e. The molecule has 1 aliphatic carbocycles. The molecule has 4 heteroatoms. The van der Waals surface area contributed by atoms with Gasteiger partial charge in [0, 0.05) is 11.7 Å². The van der Waals surface area contributed by atoms with Crippen LogP contribution in [0.4, 0.5) is 5.69 Å². The SMILES string of the molecule is CCc1ccccc1NC(=O)C(=O)NC1CCCCC1. The van der Waals surface area contributed by atoms with Gasteiger partial charge in [-0.2, -0.15) is 0 Å². The lowest BCUT2D eigenvalue weighted by atomic mass is 9.95. The molecule has 0 aliphatic heterocycles. The van der Waals surface area contributed by atoms with Crippen LogP contribution in [0.15, 0.2) is 24.3 Å². The maximum Gasteiger partial charge on any atom is 0.313 e. The van der Waals surface area contributed by atoms with Gasteiger partial charge in [-0.05, 0) is 30.9 Å². The van der Waals surface area contributed by atoms with E-state index in [2.05, 4.69) is 10.6 Å². The van der Waals surface area contributed by atoms with Crippen LogP contribution >= 0.6 is 0 Å².